The Morgan fingerprint density at radius 3 is 2.32 bits per heavy atom. The first-order valence-corrected chi connectivity index (χ1v) is 12.7. The van der Waals surface area contributed by atoms with Crippen LogP contribution in [-0.2, 0) is 17.8 Å². The summed E-state index contributed by atoms with van der Waals surface area (Å²) in [7, 11) is 3.20. The molecular formula is C30H38N2O5. The third-order valence-corrected chi connectivity index (χ3v) is 6.68. The monoisotopic (exact) mass is 506 g/mol. The standard InChI is InChI=1S/C30H38N2O5/c1-7-22(3)32(30(34)26-11-9-8-10-21(26)2)20-29(33)31(19-25-14-12-23(4)37-25)17-16-24-13-15-27(35-5)28(18-24)36-6/h8-15,18,22H,7,16-17,19-20H2,1-6H3. The van der Waals surface area contributed by atoms with Crippen LogP contribution in [0, 0.1) is 13.8 Å². The van der Waals surface area contributed by atoms with Gasteiger partial charge in [0.2, 0.25) is 5.91 Å². The third kappa shape index (κ3) is 7.15. The highest BCUT2D eigenvalue weighted by atomic mass is 16.5. The fourth-order valence-corrected chi connectivity index (χ4v) is 4.21. The van der Waals surface area contributed by atoms with Gasteiger partial charge in [-0.1, -0.05) is 31.2 Å². The molecule has 37 heavy (non-hydrogen) atoms. The number of carbonyl (C=O) groups excluding carboxylic acids is 2. The molecule has 0 aliphatic carbocycles. The molecule has 7 heteroatoms. The number of carbonyl (C=O) groups is 2. The van der Waals surface area contributed by atoms with E-state index in [1.54, 1.807) is 24.0 Å². The van der Waals surface area contributed by atoms with Crippen molar-refractivity contribution in [3.05, 3.63) is 82.8 Å². The molecular weight excluding hydrogens is 468 g/mol. The molecule has 0 radical (unpaired) electrons. The number of amides is 2. The lowest BCUT2D eigenvalue weighted by Gasteiger charge is -2.31. The normalized spacial score (nSPS) is 11.6. The highest BCUT2D eigenvalue weighted by Gasteiger charge is 2.27. The molecule has 1 aromatic heterocycles. The Morgan fingerprint density at radius 1 is 0.973 bits per heavy atom. The van der Waals surface area contributed by atoms with Gasteiger partial charge in [-0.25, -0.2) is 0 Å². The first kappa shape index (κ1) is 27.8. The first-order chi connectivity index (χ1) is 17.8. The van der Waals surface area contributed by atoms with Crippen LogP contribution in [0.5, 0.6) is 11.5 Å². The van der Waals surface area contributed by atoms with Crippen molar-refractivity contribution in [3.8, 4) is 11.5 Å². The largest absolute Gasteiger partial charge is 0.493 e. The van der Waals surface area contributed by atoms with Crippen molar-refractivity contribution < 1.29 is 23.5 Å². The molecule has 0 spiro atoms. The minimum Gasteiger partial charge on any atom is -0.493 e. The van der Waals surface area contributed by atoms with Crippen LogP contribution in [0.1, 0.15) is 53.3 Å². The Hall–Kier alpha value is -3.74. The topological polar surface area (TPSA) is 72.2 Å². The Bertz CT molecular complexity index is 1200. The lowest BCUT2D eigenvalue weighted by Crippen LogP contribution is -2.47. The number of methoxy groups -OCH3 is 2. The first-order valence-electron chi connectivity index (χ1n) is 12.7. The molecule has 0 fully saturated rings. The minimum atomic E-state index is -0.130. The molecule has 0 aliphatic rings. The molecule has 2 amide bonds. The number of nitrogens with zero attached hydrogens (tertiary/aromatic N) is 2. The summed E-state index contributed by atoms with van der Waals surface area (Å²) >= 11 is 0. The van der Waals surface area contributed by atoms with Crippen LogP contribution in [0.4, 0.5) is 0 Å². The van der Waals surface area contributed by atoms with Crippen LogP contribution in [0.3, 0.4) is 0 Å². The van der Waals surface area contributed by atoms with E-state index in [9.17, 15) is 9.59 Å². The zero-order valence-electron chi connectivity index (χ0n) is 22.7. The second-order valence-electron chi connectivity index (χ2n) is 9.27. The van der Waals surface area contributed by atoms with Gasteiger partial charge in [-0.2, -0.15) is 0 Å². The quantitative estimate of drug-likeness (QED) is 0.328. The van der Waals surface area contributed by atoms with E-state index in [2.05, 4.69) is 0 Å². The fraction of sp³-hybridized carbons (Fsp3) is 0.400. The third-order valence-electron chi connectivity index (χ3n) is 6.68. The van der Waals surface area contributed by atoms with Gasteiger partial charge in [0.05, 0.1) is 20.8 Å². The molecule has 3 aromatic rings. The van der Waals surface area contributed by atoms with Crippen molar-refractivity contribution in [1.29, 1.82) is 0 Å². The molecule has 2 aromatic carbocycles. The zero-order chi connectivity index (χ0) is 26.9. The van der Waals surface area contributed by atoms with Crippen molar-refractivity contribution >= 4 is 11.8 Å². The van der Waals surface area contributed by atoms with E-state index in [-0.39, 0.29) is 24.4 Å². The van der Waals surface area contributed by atoms with Crippen molar-refractivity contribution in [2.75, 3.05) is 27.3 Å². The van der Waals surface area contributed by atoms with Gasteiger partial charge in [0, 0.05) is 18.2 Å². The van der Waals surface area contributed by atoms with Crippen LogP contribution < -0.4 is 9.47 Å². The summed E-state index contributed by atoms with van der Waals surface area (Å²) in [5.41, 5.74) is 2.53. The van der Waals surface area contributed by atoms with Gasteiger partial charge < -0.3 is 23.7 Å². The predicted molar refractivity (Wildman–Crippen MR) is 144 cm³/mol. The van der Waals surface area contributed by atoms with Crippen LogP contribution in [0.25, 0.3) is 0 Å². The van der Waals surface area contributed by atoms with E-state index in [0.29, 0.717) is 42.3 Å². The van der Waals surface area contributed by atoms with Crippen LogP contribution >= 0.6 is 0 Å². The summed E-state index contributed by atoms with van der Waals surface area (Å²) in [5, 5.41) is 0. The summed E-state index contributed by atoms with van der Waals surface area (Å²) < 4.78 is 16.6. The highest BCUT2D eigenvalue weighted by molar-refractivity contribution is 5.97. The Labute approximate surface area is 220 Å². The molecule has 1 unspecified atom stereocenters. The molecule has 7 nitrogen and oxygen atoms in total. The number of hydrogen-bond donors (Lipinski definition) is 0. The molecule has 0 saturated carbocycles. The van der Waals surface area contributed by atoms with Gasteiger partial charge in [-0.3, -0.25) is 9.59 Å². The maximum Gasteiger partial charge on any atom is 0.254 e. The van der Waals surface area contributed by atoms with Gasteiger partial charge in [-0.15, -0.1) is 0 Å². The average Bonchev–Trinajstić information content (AvgIpc) is 3.33. The molecule has 0 bridgehead atoms. The van der Waals surface area contributed by atoms with Gasteiger partial charge in [-0.05, 0) is 75.1 Å². The Kier molecular flexibility index (Phi) is 9.78. The second-order valence-corrected chi connectivity index (χ2v) is 9.27. The fourth-order valence-electron chi connectivity index (χ4n) is 4.21. The summed E-state index contributed by atoms with van der Waals surface area (Å²) in [6, 6.07) is 16.9. The van der Waals surface area contributed by atoms with Crippen LogP contribution in [0.15, 0.2) is 59.0 Å². The van der Waals surface area contributed by atoms with E-state index < -0.39 is 0 Å². The van der Waals surface area contributed by atoms with Crippen molar-refractivity contribution in [2.24, 2.45) is 0 Å². The molecule has 1 atom stereocenters. The van der Waals surface area contributed by atoms with E-state index >= 15 is 0 Å². The number of aryl methyl sites for hydroxylation is 2. The van der Waals surface area contributed by atoms with Crippen LogP contribution in [-0.4, -0.2) is 55.0 Å². The number of rotatable bonds is 12. The summed E-state index contributed by atoms with van der Waals surface area (Å²) in [6.45, 7) is 8.58. The molecule has 0 N–H and O–H groups in total. The molecule has 198 valence electrons. The smallest absolute Gasteiger partial charge is 0.254 e. The maximum atomic E-state index is 13.7. The van der Waals surface area contributed by atoms with Gasteiger partial charge in [0.1, 0.15) is 18.1 Å². The predicted octanol–water partition coefficient (Wildman–Crippen LogP) is 5.43. The lowest BCUT2D eigenvalue weighted by molar-refractivity contribution is -0.133. The van der Waals surface area contributed by atoms with Gasteiger partial charge in [0.25, 0.3) is 5.91 Å². The SMILES string of the molecule is CCC(C)N(CC(=O)N(CCc1ccc(OC)c(OC)c1)Cc1ccc(C)o1)C(=O)c1ccccc1C. The molecule has 3 rings (SSSR count). The Balaban J connectivity index is 1.83. The summed E-state index contributed by atoms with van der Waals surface area (Å²) in [4.78, 5) is 30.6. The van der Waals surface area contributed by atoms with Crippen molar-refractivity contribution in [3.63, 3.8) is 0 Å². The van der Waals surface area contributed by atoms with Gasteiger partial charge in [0.15, 0.2) is 11.5 Å². The van der Waals surface area contributed by atoms with Crippen LogP contribution in [0.2, 0.25) is 0 Å². The lowest BCUT2D eigenvalue weighted by atomic mass is 10.1. The maximum absolute atomic E-state index is 13.7. The zero-order valence-corrected chi connectivity index (χ0v) is 22.7. The number of ether oxygens (including phenoxy) is 2. The van der Waals surface area contributed by atoms with E-state index in [0.717, 1.165) is 23.3 Å². The van der Waals surface area contributed by atoms with E-state index in [4.69, 9.17) is 13.9 Å². The highest BCUT2D eigenvalue weighted by Crippen LogP contribution is 2.28. The van der Waals surface area contributed by atoms with E-state index in [1.807, 2.05) is 82.3 Å². The van der Waals surface area contributed by atoms with Gasteiger partial charge >= 0.3 is 0 Å². The molecule has 0 saturated heterocycles. The van der Waals surface area contributed by atoms with Crippen molar-refractivity contribution in [2.45, 2.75) is 53.1 Å². The average molecular weight is 507 g/mol. The second kappa shape index (κ2) is 13.0. The Morgan fingerprint density at radius 2 is 1.70 bits per heavy atom. The van der Waals surface area contributed by atoms with E-state index in [1.165, 1.54) is 0 Å². The number of furan rings is 1. The van der Waals surface area contributed by atoms with Crippen molar-refractivity contribution in [1.82, 2.24) is 9.80 Å². The summed E-state index contributed by atoms with van der Waals surface area (Å²) in [6.07, 6.45) is 1.36. The molecule has 1 heterocycles. The minimum absolute atomic E-state index is 0.00615. The number of benzene rings is 2. The summed E-state index contributed by atoms with van der Waals surface area (Å²) in [5.74, 6) is 2.54. The number of hydrogen-bond acceptors (Lipinski definition) is 5. The molecule has 0 aliphatic heterocycles.